The van der Waals surface area contributed by atoms with Gasteiger partial charge in [-0.1, -0.05) is 131 Å². The molecule has 5 fully saturated rings. The summed E-state index contributed by atoms with van der Waals surface area (Å²) in [5.41, 5.74) is 3.60. The highest BCUT2D eigenvalue weighted by Crippen LogP contribution is 2.63. The summed E-state index contributed by atoms with van der Waals surface area (Å²) < 4.78 is 57.0. The first-order valence-electron chi connectivity index (χ1n) is 26.4. The first kappa shape index (κ1) is 54.0. The topological polar surface area (TPSA) is 91.3 Å². The third kappa shape index (κ3) is 11.4. The van der Waals surface area contributed by atoms with Crippen LogP contribution >= 0.6 is 0 Å². The molecule has 5 aliphatic rings. The summed E-state index contributed by atoms with van der Waals surface area (Å²) in [5, 5.41) is 12.0. The van der Waals surface area contributed by atoms with Crippen molar-refractivity contribution in [3.8, 4) is 0 Å². The Balaban J connectivity index is 1.24. The number of rotatable bonds is 20. The summed E-state index contributed by atoms with van der Waals surface area (Å²) in [4.78, 5) is 0.301. The maximum atomic E-state index is 14.8. The molecule has 1 aromatic carbocycles. The van der Waals surface area contributed by atoms with Crippen LogP contribution in [0.25, 0.3) is 0 Å². The van der Waals surface area contributed by atoms with Gasteiger partial charge in [0.25, 0.3) is 0 Å². The summed E-state index contributed by atoms with van der Waals surface area (Å²) in [5.74, 6) is -0.263. The Kier molecular flexibility index (Phi) is 17.0. The highest BCUT2D eigenvalue weighted by Gasteiger charge is 2.63. The Morgan fingerprint density at radius 3 is 2.11 bits per heavy atom. The Morgan fingerprint density at radius 2 is 1.50 bits per heavy atom. The molecule has 7 nitrogen and oxygen atoms in total. The first-order valence-corrected chi connectivity index (χ1v) is 33.8. The standard InChI is InChI=1S/C56H94O7SSi2/c1-15-16-17-18-22-33-56(60-37-38-61-56)55(35-36-55)34-31-50(64(58,59)46-25-20-19-21-26-46)51(57)42(3)47-29-30-48-43(24-23-32-54(47,48)10)27-28-44-39-45(62-65(11,12)52(4,5)6)40-49(41(44)2)63-66(13,14)53(7,8)9/h19-21,25-28,42,45,47-51,57H,2,15-18,22-24,29-40H2,1,3-14H3/b43-27+,44-28-/t42-,45+,47+,48-,49-,50?,51?,54+/m0/s1. The Bertz CT molecular complexity index is 1970. The van der Waals surface area contributed by atoms with E-state index in [1.807, 2.05) is 6.07 Å². The minimum atomic E-state index is -3.85. The van der Waals surface area contributed by atoms with E-state index >= 15 is 0 Å². The number of fused-ring (bicyclic) bond motifs is 1. The lowest BCUT2D eigenvalue weighted by Crippen LogP contribution is -2.49. The van der Waals surface area contributed by atoms with Gasteiger partial charge in [-0.2, -0.15) is 0 Å². The fourth-order valence-electron chi connectivity index (χ4n) is 12.3. The zero-order chi connectivity index (χ0) is 48.6. The molecule has 4 saturated carbocycles. The molecule has 1 aromatic rings. The lowest BCUT2D eigenvalue weighted by molar-refractivity contribution is -0.214. The molecule has 8 atom stereocenters. The molecule has 2 unspecified atom stereocenters. The summed E-state index contributed by atoms with van der Waals surface area (Å²) in [6, 6.07) is 8.88. The van der Waals surface area contributed by atoms with E-state index in [4.69, 9.17) is 24.9 Å². The average molecular weight is 968 g/mol. The fourth-order valence-corrected chi connectivity index (χ4v) is 16.9. The summed E-state index contributed by atoms with van der Waals surface area (Å²) in [6.07, 6.45) is 20.5. The van der Waals surface area contributed by atoms with Crippen LogP contribution in [0.4, 0.5) is 0 Å². The predicted molar refractivity (Wildman–Crippen MR) is 278 cm³/mol. The van der Waals surface area contributed by atoms with E-state index in [2.05, 4.69) is 101 Å². The van der Waals surface area contributed by atoms with Gasteiger partial charge < -0.3 is 23.4 Å². The highest BCUT2D eigenvalue weighted by atomic mass is 32.2. The summed E-state index contributed by atoms with van der Waals surface area (Å²) in [6.45, 7) is 36.0. The van der Waals surface area contributed by atoms with Crippen LogP contribution in [-0.4, -0.2) is 72.7 Å². The van der Waals surface area contributed by atoms with E-state index in [1.54, 1.807) is 24.3 Å². The maximum Gasteiger partial charge on any atom is 0.192 e. The zero-order valence-corrected chi connectivity index (χ0v) is 46.8. The predicted octanol–water partition coefficient (Wildman–Crippen LogP) is 14.7. The molecule has 4 aliphatic carbocycles. The highest BCUT2D eigenvalue weighted by molar-refractivity contribution is 7.92. The molecule has 1 N–H and O–H groups in total. The normalized spacial score (nSPS) is 29.8. The van der Waals surface area contributed by atoms with E-state index in [0.717, 1.165) is 82.6 Å². The molecule has 1 saturated heterocycles. The molecule has 6 rings (SSSR count). The van der Waals surface area contributed by atoms with Crippen molar-refractivity contribution >= 4 is 26.5 Å². The van der Waals surface area contributed by atoms with Gasteiger partial charge in [-0.25, -0.2) is 8.42 Å². The van der Waals surface area contributed by atoms with E-state index in [-0.39, 0.29) is 45.0 Å². The molecule has 0 amide bonds. The molecule has 1 aliphatic heterocycles. The Morgan fingerprint density at radius 1 is 0.879 bits per heavy atom. The van der Waals surface area contributed by atoms with Crippen LogP contribution in [0.2, 0.25) is 36.3 Å². The molecular formula is C56H94O7SSi2. The first-order chi connectivity index (χ1) is 30.7. The van der Waals surface area contributed by atoms with Crippen molar-refractivity contribution in [1.82, 2.24) is 0 Å². The van der Waals surface area contributed by atoms with Gasteiger partial charge in [0.05, 0.1) is 41.7 Å². The van der Waals surface area contributed by atoms with Gasteiger partial charge in [-0.05, 0) is 153 Å². The van der Waals surface area contributed by atoms with Crippen molar-refractivity contribution in [3.63, 3.8) is 0 Å². The van der Waals surface area contributed by atoms with Crippen molar-refractivity contribution in [3.05, 3.63) is 65.8 Å². The molecular weight excluding hydrogens is 873 g/mol. The Hall–Kier alpha value is -1.38. The van der Waals surface area contributed by atoms with Gasteiger partial charge in [0, 0.05) is 18.3 Å². The molecule has 10 heteroatoms. The number of benzene rings is 1. The van der Waals surface area contributed by atoms with Crippen LogP contribution in [-0.2, 0) is 28.2 Å². The largest absolute Gasteiger partial charge is 0.413 e. The molecule has 0 aromatic heterocycles. The second-order valence-corrected chi connectivity index (χ2v) is 36.7. The number of aliphatic hydroxyl groups is 1. The number of hydrogen-bond donors (Lipinski definition) is 1. The maximum absolute atomic E-state index is 14.8. The number of aliphatic hydroxyl groups excluding tert-OH is 1. The fraction of sp³-hybridized carbons (Fsp3) is 0.786. The Labute approximate surface area is 405 Å². The SMILES string of the molecule is C=C1/C(=C\C=C2/CCC[C@]3(C)[C@@H]([C@H](C)C(O)C(CCC4(C5(CCCCCCC)OCCO5)CC4)S(=O)(=O)c4ccccc4)CC[C@@H]23)C[C@@H](O[Si](C)(C)C(C)(C)C)C[C@@H]1O[Si](C)(C)C(C)(C)C. The monoisotopic (exact) mass is 967 g/mol. The minimum Gasteiger partial charge on any atom is -0.413 e. The number of allylic oxidation sites excluding steroid dienone is 3. The second-order valence-electron chi connectivity index (χ2n) is 25.0. The van der Waals surface area contributed by atoms with E-state index in [1.165, 1.54) is 30.4 Å². The number of sulfone groups is 1. The molecule has 0 radical (unpaired) electrons. The van der Waals surface area contributed by atoms with Crippen LogP contribution in [0.5, 0.6) is 0 Å². The molecule has 0 bridgehead atoms. The van der Waals surface area contributed by atoms with Gasteiger partial charge >= 0.3 is 0 Å². The van der Waals surface area contributed by atoms with Crippen LogP contribution in [0.3, 0.4) is 0 Å². The zero-order valence-electron chi connectivity index (χ0n) is 44.0. The lowest BCUT2D eigenvalue weighted by Gasteiger charge is -2.46. The smallest absolute Gasteiger partial charge is 0.192 e. The van der Waals surface area contributed by atoms with Crippen LogP contribution in [0, 0.1) is 28.6 Å². The molecule has 1 heterocycles. The van der Waals surface area contributed by atoms with E-state index in [9.17, 15) is 13.5 Å². The van der Waals surface area contributed by atoms with Crippen molar-refractivity contribution in [2.45, 2.75) is 242 Å². The third-order valence-electron chi connectivity index (χ3n) is 18.7. The third-order valence-corrected chi connectivity index (χ3v) is 30.0. The van der Waals surface area contributed by atoms with Crippen molar-refractivity contribution < 1.29 is 31.9 Å². The van der Waals surface area contributed by atoms with E-state index < -0.39 is 43.6 Å². The van der Waals surface area contributed by atoms with Crippen molar-refractivity contribution in [2.75, 3.05) is 13.2 Å². The van der Waals surface area contributed by atoms with Crippen molar-refractivity contribution in [2.24, 2.45) is 28.6 Å². The van der Waals surface area contributed by atoms with Gasteiger partial charge in [-0.15, -0.1) is 0 Å². The summed E-state index contributed by atoms with van der Waals surface area (Å²) in [7, 11) is -7.97. The number of ether oxygens (including phenoxy) is 2. The van der Waals surface area contributed by atoms with Crippen molar-refractivity contribution in [1.29, 1.82) is 0 Å². The molecule has 374 valence electrons. The van der Waals surface area contributed by atoms with Gasteiger partial charge in [-0.3, -0.25) is 0 Å². The minimum absolute atomic E-state index is 0.0410. The quantitative estimate of drug-likeness (QED) is 0.103. The average Bonchev–Trinajstić information content (AvgIpc) is 3.72. The van der Waals surface area contributed by atoms with Gasteiger partial charge in [0.15, 0.2) is 32.3 Å². The summed E-state index contributed by atoms with van der Waals surface area (Å²) >= 11 is 0. The molecule has 0 spiro atoms. The van der Waals surface area contributed by atoms with Gasteiger partial charge in [0.2, 0.25) is 0 Å². The van der Waals surface area contributed by atoms with Gasteiger partial charge in [0.1, 0.15) is 0 Å². The number of hydrogen-bond acceptors (Lipinski definition) is 7. The van der Waals surface area contributed by atoms with E-state index in [0.29, 0.717) is 36.9 Å². The van der Waals surface area contributed by atoms with Crippen LogP contribution in [0.1, 0.15) is 171 Å². The van der Waals surface area contributed by atoms with Crippen LogP contribution < -0.4 is 0 Å². The molecule has 66 heavy (non-hydrogen) atoms. The number of unbranched alkanes of at least 4 members (excludes halogenated alkanes) is 4. The second kappa shape index (κ2) is 20.8. The van der Waals surface area contributed by atoms with Crippen LogP contribution in [0.15, 0.2) is 70.7 Å². The lowest BCUT2D eigenvalue weighted by atomic mass is 9.60.